The quantitative estimate of drug-likeness (QED) is 0.558. The summed E-state index contributed by atoms with van der Waals surface area (Å²) in [4.78, 5) is 25.9. The highest BCUT2D eigenvalue weighted by Gasteiger charge is 2.45. The second-order valence-electron chi connectivity index (χ2n) is 12.1. The van der Waals surface area contributed by atoms with E-state index in [-0.39, 0.29) is 10.2 Å². The van der Waals surface area contributed by atoms with Crippen molar-refractivity contribution in [1.29, 1.82) is 0 Å². The first-order valence-corrected chi connectivity index (χ1v) is 14.1. The molecule has 1 amide bonds. The Morgan fingerprint density at radius 3 is 2.66 bits per heavy atom. The van der Waals surface area contributed by atoms with Crippen molar-refractivity contribution in [3.8, 4) is 11.3 Å². The van der Waals surface area contributed by atoms with Gasteiger partial charge in [0.25, 0.3) is 0 Å². The molecule has 3 heterocycles. The van der Waals surface area contributed by atoms with Crippen LogP contribution in [0.2, 0.25) is 0 Å². The third-order valence-electron chi connectivity index (χ3n) is 8.52. The highest BCUT2D eigenvalue weighted by Crippen LogP contribution is 2.49. The summed E-state index contributed by atoms with van der Waals surface area (Å²) in [5.74, 6) is -0.677. The number of quaternary nitrogens is 1. The molecule has 1 fully saturated rings. The van der Waals surface area contributed by atoms with Gasteiger partial charge >= 0.3 is 6.09 Å². The van der Waals surface area contributed by atoms with Gasteiger partial charge in [0, 0.05) is 28.8 Å². The Kier molecular flexibility index (Phi) is 6.02. The Morgan fingerprint density at radius 1 is 1.13 bits per heavy atom. The van der Waals surface area contributed by atoms with Gasteiger partial charge in [-0.05, 0) is 70.1 Å². The molecular formula is C31H37N3O4. The summed E-state index contributed by atoms with van der Waals surface area (Å²) in [6, 6.07) is 4.33. The van der Waals surface area contributed by atoms with Gasteiger partial charge in [0.2, 0.25) is 0 Å². The zero-order chi connectivity index (χ0) is 26.7. The van der Waals surface area contributed by atoms with Crippen LogP contribution in [0.15, 0.2) is 30.5 Å². The van der Waals surface area contributed by atoms with Gasteiger partial charge in [0.15, 0.2) is 5.69 Å². The smallest absolute Gasteiger partial charge is 0.453 e. The van der Waals surface area contributed by atoms with Crippen molar-refractivity contribution < 1.29 is 19.4 Å². The predicted molar refractivity (Wildman–Crippen MR) is 146 cm³/mol. The summed E-state index contributed by atoms with van der Waals surface area (Å²) in [7, 11) is 0. The molecule has 1 N–H and O–H groups in total. The summed E-state index contributed by atoms with van der Waals surface area (Å²) < 4.78 is 8.00. The van der Waals surface area contributed by atoms with Crippen LogP contribution in [0.3, 0.4) is 0 Å². The van der Waals surface area contributed by atoms with Gasteiger partial charge < -0.3 is 19.2 Å². The number of aromatic nitrogens is 1. The maximum absolute atomic E-state index is 13.3. The molecule has 0 unspecified atom stereocenters. The van der Waals surface area contributed by atoms with Crippen molar-refractivity contribution in [2.75, 3.05) is 6.54 Å². The molecule has 6 rings (SSSR count). The molecule has 7 nitrogen and oxygen atoms in total. The van der Waals surface area contributed by atoms with E-state index >= 15 is 0 Å². The maximum atomic E-state index is 13.3. The van der Waals surface area contributed by atoms with E-state index < -0.39 is 17.7 Å². The Balaban J connectivity index is 1.60. The lowest BCUT2D eigenvalue weighted by molar-refractivity contribution is -0.254. The Labute approximate surface area is 224 Å². The number of nitrogens with one attached hydrogen (secondary N) is 1. The molecule has 2 aromatic rings. The van der Waals surface area contributed by atoms with Gasteiger partial charge in [-0.1, -0.05) is 37.5 Å². The first-order valence-electron chi connectivity index (χ1n) is 14.1. The van der Waals surface area contributed by atoms with Crippen LogP contribution in [0.25, 0.3) is 17.3 Å². The molecule has 7 heteroatoms. The van der Waals surface area contributed by atoms with Gasteiger partial charge in [-0.15, -0.1) is 0 Å². The lowest BCUT2D eigenvalue weighted by Crippen LogP contribution is -2.60. The summed E-state index contributed by atoms with van der Waals surface area (Å²) in [6.07, 6.45) is 16.2. The molecule has 1 aromatic heterocycles. The van der Waals surface area contributed by atoms with Crippen molar-refractivity contribution in [1.82, 2.24) is 14.6 Å². The molecule has 0 saturated heterocycles. The molecule has 2 aliphatic heterocycles. The molecule has 0 spiro atoms. The average molecular weight is 516 g/mol. The fourth-order valence-corrected chi connectivity index (χ4v) is 7.08. The van der Waals surface area contributed by atoms with E-state index in [2.05, 4.69) is 34.4 Å². The van der Waals surface area contributed by atoms with Crippen LogP contribution >= 0.6 is 0 Å². The predicted octanol–water partition coefficient (Wildman–Crippen LogP) is 5.36. The average Bonchev–Trinajstić information content (AvgIpc) is 3.13. The van der Waals surface area contributed by atoms with Gasteiger partial charge in [0.1, 0.15) is 18.3 Å². The standard InChI is InChI=1S/C31H37N3O4/c1-31(2,3)38-30(37)32-34-18-9-13-22-21(20-10-5-4-6-11-20)15-16-24(28(22)34)27-26(29(35)36)23-12-7-8-14-25(23)33(27)17-19-34/h7,9,12,15-16,18,20H,4-6,8,10-11,13-14,17,19H2,1-3H3,(H-,32,35,36,37)/t34-/m1/s1. The summed E-state index contributed by atoms with van der Waals surface area (Å²) in [5.41, 5.74) is 9.71. The SMILES string of the molecule is CC(C)(C)OC(=O)N[N@@+]12C=CCc3c(C4CCCCC4)ccc(c31)-c1c(C(=O)[O-])c3c(n1CC2)CCC=C3. The fraction of sp³-hybridized carbons (Fsp3) is 0.484. The normalized spacial score (nSPS) is 22.2. The zero-order valence-corrected chi connectivity index (χ0v) is 22.6. The number of aromatic carboxylic acids is 1. The minimum Gasteiger partial charge on any atom is -0.545 e. The second kappa shape index (κ2) is 9.16. The van der Waals surface area contributed by atoms with Crippen LogP contribution in [0.1, 0.15) is 98.0 Å². The van der Waals surface area contributed by atoms with E-state index in [1.165, 1.54) is 30.4 Å². The van der Waals surface area contributed by atoms with Gasteiger partial charge in [-0.2, -0.15) is 10.0 Å². The van der Waals surface area contributed by atoms with Crippen LogP contribution in [-0.4, -0.2) is 28.8 Å². The van der Waals surface area contributed by atoms with Gasteiger partial charge in [0.05, 0.1) is 23.8 Å². The van der Waals surface area contributed by atoms with Crippen LogP contribution in [-0.2, 0) is 24.1 Å². The van der Waals surface area contributed by atoms with Crippen molar-refractivity contribution in [3.05, 3.63) is 58.4 Å². The summed E-state index contributed by atoms with van der Waals surface area (Å²) in [6.45, 7) is 6.69. The van der Waals surface area contributed by atoms with Crippen molar-refractivity contribution in [3.63, 3.8) is 0 Å². The third-order valence-corrected chi connectivity index (χ3v) is 8.52. The highest BCUT2D eigenvalue weighted by molar-refractivity contribution is 6.02. The van der Waals surface area contributed by atoms with Crippen molar-refractivity contribution >= 4 is 23.8 Å². The number of fused-ring (bicyclic) bond motifs is 4. The fourth-order valence-electron chi connectivity index (χ4n) is 7.08. The second-order valence-corrected chi connectivity index (χ2v) is 12.1. The molecule has 0 bridgehead atoms. The molecular weight excluding hydrogens is 478 g/mol. The highest BCUT2D eigenvalue weighted by atomic mass is 16.6. The first-order chi connectivity index (χ1) is 18.2. The lowest BCUT2D eigenvalue weighted by atomic mass is 9.79. The number of carbonyl (C=O) groups excluding carboxylic acids is 2. The Morgan fingerprint density at radius 2 is 1.92 bits per heavy atom. The number of nitrogens with zero attached hydrogens (tertiary/aromatic N) is 2. The monoisotopic (exact) mass is 515 g/mol. The van der Waals surface area contributed by atoms with Crippen LogP contribution in [0.5, 0.6) is 0 Å². The van der Waals surface area contributed by atoms with E-state index in [4.69, 9.17) is 4.74 Å². The van der Waals surface area contributed by atoms with Crippen LogP contribution in [0, 0.1) is 0 Å². The Bertz CT molecular complexity index is 1370. The van der Waals surface area contributed by atoms with Crippen LogP contribution in [0.4, 0.5) is 10.5 Å². The molecule has 0 radical (unpaired) electrons. The van der Waals surface area contributed by atoms with Gasteiger partial charge in [-0.25, -0.2) is 4.79 Å². The molecule has 1 saturated carbocycles. The topological polar surface area (TPSA) is 83.4 Å². The Hall–Kier alpha value is -3.32. The van der Waals surface area contributed by atoms with E-state index in [0.29, 0.717) is 24.7 Å². The number of amides is 1. The number of hydrogen-bond donors (Lipinski definition) is 1. The minimum atomic E-state index is -1.15. The van der Waals surface area contributed by atoms with E-state index in [1.807, 2.05) is 32.9 Å². The van der Waals surface area contributed by atoms with E-state index in [0.717, 1.165) is 54.6 Å². The van der Waals surface area contributed by atoms with E-state index in [9.17, 15) is 14.7 Å². The summed E-state index contributed by atoms with van der Waals surface area (Å²) >= 11 is 0. The minimum absolute atomic E-state index is 0.110. The molecule has 1 atom stereocenters. The zero-order valence-electron chi connectivity index (χ0n) is 22.6. The van der Waals surface area contributed by atoms with Crippen molar-refractivity contribution in [2.45, 2.75) is 90.2 Å². The third kappa shape index (κ3) is 4.08. The molecule has 1 aromatic carbocycles. The number of benzene rings is 1. The first kappa shape index (κ1) is 25.0. The number of carboxylic acid groups (broad SMARTS) is 1. The van der Waals surface area contributed by atoms with E-state index in [1.54, 1.807) is 0 Å². The number of carbonyl (C=O) groups is 2. The molecule has 2 aliphatic carbocycles. The number of ether oxygens (including phenoxy) is 1. The maximum Gasteiger partial charge on any atom is 0.453 e. The van der Waals surface area contributed by atoms with Crippen LogP contribution < -0.4 is 15.1 Å². The lowest BCUT2D eigenvalue weighted by Gasteiger charge is -2.38. The largest absolute Gasteiger partial charge is 0.545 e. The molecule has 200 valence electrons. The number of rotatable bonds is 3. The number of hydrogen-bond acceptors (Lipinski definition) is 4. The summed E-state index contributed by atoms with van der Waals surface area (Å²) in [5, 5.41) is 12.6. The van der Waals surface area contributed by atoms with Gasteiger partial charge in [-0.3, -0.25) is 0 Å². The molecule has 4 aliphatic rings. The van der Waals surface area contributed by atoms with Crippen molar-refractivity contribution in [2.24, 2.45) is 0 Å². The number of allylic oxidation sites excluding steroid dienone is 2. The number of carboxylic acids is 1. The molecule has 38 heavy (non-hydrogen) atoms.